The second kappa shape index (κ2) is 4.86. The Morgan fingerprint density at radius 2 is 2.28 bits per heavy atom. The highest BCUT2D eigenvalue weighted by Crippen LogP contribution is 2.08. The van der Waals surface area contributed by atoms with E-state index in [1.165, 1.54) is 10.9 Å². The predicted molar refractivity (Wildman–Crippen MR) is 64.7 cm³/mol. The van der Waals surface area contributed by atoms with E-state index in [9.17, 15) is 4.79 Å². The van der Waals surface area contributed by atoms with Crippen molar-refractivity contribution >= 4 is 11.7 Å². The van der Waals surface area contributed by atoms with Crippen molar-refractivity contribution in [2.45, 2.75) is 6.42 Å². The number of nitrogens with zero attached hydrogens (tertiary/aromatic N) is 5. The van der Waals surface area contributed by atoms with Gasteiger partial charge in [-0.3, -0.25) is 14.2 Å². The van der Waals surface area contributed by atoms with Crippen molar-refractivity contribution in [2.24, 2.45) is 14.1 Å². The molecular weight excluding hydrogens is 234 g/mol. The second-order valence-electron chi connectivity index (χ2n) is 3.91. The molecule has 3 N–H and O–H groups in total. The van der Waals surface area contributed by atoms with Crippen LogP contribution in [0, 0.1) is 0 Å². The average molecular weight is 249 g/mol. The van der Waals surface area contributed by atoms with E-state index in [-0.39, 0.29) is 5.91 Å². The monoisotopic (exact) mass is 249 g/mol. The summed E-state index contributed by atoms with van der Waals surface area (Å²) in [7, 11) is 3.48. The van der Waals surface area contributed by atoms with Crippen LogP contribution >= 0.6 is 0 Å². The standard InChI is InChI=1S/C10H15N7O/c1-16-6-13-8(15-16)3-4-12-10(18)7-5-14-17(2)9(7)11/h5-6H,3-4,11H2,1-2H3,(H,12,18). The molecule has 1 amide bonds. The van der Waals surface area contributed by atoms with Crippen molar-refractivity contribution in [1.82, 2.24) is 29.9 Å². The Morgan fingerprint density at radius 1 is 1.50 bits per heavy atom. The summed E-state index contributed by atoms with van der Waals surface area (Å²) < 4.78 is 3.07. The summed E-state index contributed by atoms with van der Waals surface area (Å²) in [4.78, 5) is 15.9. The zero-order chi connectivity index (χ0) is 13.1. The van der Waals surface area contributed by atoms with Gasteiger partial charge < -0.3 is 11.1 Å². The molecular formula is C10H15N7O. The Morgan fingerprint density at radius 3 is 2.83 bits per heavy atom. The normalized spacial score (nSPS) is 10.6. The number of nitrogens with two attached hydrogens (primary N) is 1. The van der Waals surface area contributed by atoms with E-state index < -0.39 is 0 Å². The summed E-state index contributed by atoms with van der Waals surface area (Å²) in [6, 6.07) is 0. The molecule has 2 heterocycles. The number of nitrogens with one attached hydrogen (secondary N) is 1. The van der Waals surface area contributed by atoms with Gasteiger partial charge in [-0.15, -0.1) is 0 Å². The number of anilines is 1. The SMILES string of the molecule is Cn1cnc(CCNC(=O)c2cnn(C)c2N)n1. The molecule has 18 heavy (non-hydrogen) atoms. The summed E-state index contributed by atoms with van der Waals surface area (Å²) in [5, 5.41) is 10.8. The first kappa shape index (κ1) is 12.1. The maximum Gasteiger partial charge on any atom is 0.256 e. The number of rotatable bonds is 4. The van der Waals surface area contributed by atoms with Gasteiger partial charge in [-0.25, -0.2) is 4.98 Å². The van der Waals surface area contributed by atoms with Crippen molar-refractivity contribution in [1.29, 1.82) is 0 Å². The fraction of sp³-hybridized carbons (Fsp3) is 0.400. The Labute approximate surface area is 104 Å². The zero-order valence-electron chi connectivity index (χ0n) is 10.3. The largest absolute Gasteiger partial charge is 0.383 e. The van der Waals surface area contributed by atoms with Gasteiger partial charge in [0.2, 0.25) is 0 Å². The molecule has 8 nitrogen and oxygen atoms in total. The van der Waals surface area contributed by atoms with Crippen LogP contribution in [0.2, 0.25) is 0 Å². The molecule has 0 fully saturated rings. The minimum atomic E-state index is -0.239. The fourth-order valence-electron chi connectivity index (χ4n) is 1.50. The third kappa shape index (κ3) is 2.47. The van der Waals surface area contributed by atoms with Gasteiger partial charge in [-0.2, -0.15) is 10.2 Å². The first-order chi connectivity index (χ1) is 8.58. The third-order valence-electron chi connectivity index (χ3n) is 2.51. The smallest absolute Gasteiger partial charge is 0.256 e. The van der Waals surface area contributed by atoms with E-state index in [0.717, 1.165) is 0 Å². The fourth-order valence-corrected chi connectivity index (χ4v) is 1.50. The van der Waals surface area contributed by atoms with Gasteiger partial charge >= 0.3 is 0 Å². The van der Waals surface area contributed by atoms with Crippen molar-refractivity contribution in [3.8, 4) is 0 Å². The van der Waals surface area contributed by atoms with Crippen LogP contribution in [0.5, 0.6) is 0 Å². The summed E-state index contributed by atoms with van der Waals surface area (Å²) in [6.07, 6.45) is 3.65. The molecule has 2 aromatic rings. The van der Waals surface area contributed by atoms with Crippen LogP contribution in [0.1, 0.15) is 16.2 Å². The van der Waals surface area contributed by atoms with Gasteiger partial charge in [0.05, 0.1) is 6.20 Å². The molecule has 0 bridgehead atoms. The topological polar surface area (TPSA) is 104 Å². The Hall–Kier alpha value is -2.38. The minimum absolute atomic E-state index is 0.239. The zero-order valence-corrected chi connectivity index (χ0v) is 10.3. The summed E-state index contributed by atoms with van der Waals surface area (Å²) in [5.74, 6) is 0.803. The van der Waals surface area contributed by atoms with Crippen LogP contribution in [-0.2, 0) is 20.5 Å². The molecule has 0 spiro atoms. The molecule has 8 heteroatoms. The van der Waals surface area contributed by atoms with Crippen molar-refractivity contribution < 1.29 is 4.79 Å². The number of aromatic nitrogens is 5. The van der Waals surface area contributed by atoms with Gasteiger partial charge in [0.25, 0.3) is 5.91 Å². The highest BCUT2D eigenvalue weighted by atomic mass is 16.1. The predicted octanol–water partition coefficient (Wildman–Crippen LogP) is -0.897. The molecule has 0 saturated carbocycles. The number of hydrogen-bond acceptors (Lipinski definition) is 5. The maximum absolute atomic E-state index is 11.8. The molecule has 0 aliphatic heterocycles. The van der Waals surface area contributed by atoms with Gasteiger partial charge in [0, 0.05) is 27.1 Å². The van der Waals surface area contributed by atoms with Gasteiger partial charge in [-0.1, -0.05) is 0 Å². The van der Waals surface area contributed by atoms with Crippen molar-refractivity contribution in [3.63, 3.8) is 0 Å². The molecule has 0 aromatic carbocycles. The second-order valence-corrected chi connectivity index (χ2v) is 3.91. The van der Waals surface area contributed by atoms with E-state index in [0.29, 0.717) is 30.2 Å². The highest BCUT2D eigenvalue weighted by molar-refractivity contribution is 5.98. The van der Waals surface area contributed by atoms with Crippen molar-refractivity contribution in [3.05, 3.63) is 23.9 Å². The molecule has 0 radical (unpaired) electrons. The number of nitrogen functional groups attached to an aromatic ring is 1. The molecule has 2 rings (SSSR count). The molecule has 0 saturated heterocycles. The number of carbonyl (C=O) groups excluding carboxylic acids is 1. The van der Waals surface area contributed by atoms with Gasteiger partial charge in [0.1, 0.15) is 17.7 Å². The van der Waals surface area contributed by atoms with E-state index in [1.807, 2.05) is 0 Å². The lowest BCUT2D eigenvalue weighted by Crippen LogP contribution is -2.26. The van der Waals surface area contributed by atoms with E-state index in [2.05, 4.69) is 20.5 Å². The van der Waals surface area contributed by atoms with Crippen LogP contribution in [0.4, 0.5) is 5.82 Å². The Balaban J connectivity index is 1.87. The van der Waals surface area contributed by atoms with Crippen molar-refractivity contribution in [2.75, 3.05) is 12.3 Å². The first-order valence-corrected chi connectivity index (χ1v) is 5.48. The van der Waals surface area contributed by atoms with E-state index >= 15 is 0 Å². The summed E-state index contributed by atoms with van der Waals surface area (Å²) in [5.41, 5.74) is 6.08. The first-order valence-electron chi connectivity index (χ1n) is 5.48. The highest BCUT2D eigenvalue weighted by Gasteiger charge is 2.13. The van der Waals surface area contributed by atoms with E-state index in [1.54, 1.807) is 25.1 Å². The van der Waals surface area contributed by atoms with Crippen LogP contribution in [-0.4, -0.2) is 37.0 Å². The molecule has 0 aliphatic rings. The number of carbonyl (C=O) groups is 1. The lowest BCUT2D eigenvalue weighted by atomic mass is 10.3. The van der Waals surface area contributed by atoms with Gasteiger partial charge in [0.15, 0.2) is 5.82 Å². The number of amides is 1. The quantitative estimate of drug-likeness (QED) is 0.731. The minimum Gasteiger partial charge on any atom is -0.383 e. The maximum atomic E-state index is 11.8. The Bertz CT molecular complexity index is 556. The molecule has 0 aliphatic carbocycles. The number of aryl methyl sites for hydroxylation is 2. The average Bonchev–Trinajstić information content (AvgIpc) is 2.87. The lowest BCUT2D eigenvalue weighted by molar-refractivity contribution is 0.0955. The Kier molecular flexibility index (Phi) is 3.26. The van der Waals surface area contributed by atoms with Crippen LogP contribution in [0.25, 0.3) is 0 Å². The molecule has 0 atom stereocenters. The third-order valence-corrected chi connectivity index (χ3v) is 2.51. The number of hydrogen-bond donors (Lipinski definition) is 2. The van der Waals surface area contributed by atoms with Gasteiger partial charge in [-0.05, 0) is 0 Å². The summed E-state index contributed by atoms with van der Waals surface area (Å²) >= 11 is 0. The summed E-state index contributed by atoms with van der Waals surface area (Å²) in [6.45, 7) is 0.456. The molecule has 2 aromatic heterocycles. The van der Waals surface area contributed by atoms with Crippen LogP contribution < -0.4 is 11.1 Å². The molecule has 96 valence electrons. The van der Waals surface area contributed by atoms with E-state index in [4.69, 9.17) is 5.73 Å². The van der Waals surface area contributed by atoms with Crippen LogP contribution in [0.3, 0.4) is 0 Å². The lowest BCUT2D eigenvalue weighted by Gasteiger charge is -2.02. The molecule has 0 unspecified atom stereocenters. The van der Waals surface area contributed by atoms with Crippen LogP contribution in [0.15, 0.2) is 12.5 Å².